The first-order chi connectivity index (χ1) is 35.0. The van der Waals surface area contributed by atoms with Crippen molar-refractivity contribution in [3.8, 4) is 28.1 Å². The number of pyridine rings is 1. The lowest BCUT2D eigenvalue weighted by molar-refractivity contribution is -0.155. The molecule has 3 unspecified atom stereocenters. The van der Waals surface area contributed by atoms with E-state index >= 15 is 0 Å². The van der Waals surface area contributed by atoms with Crippen LogP contribution in [0.4, 0.5) is 0 Å². The van der Waals surface area contributed by atoms with Crippen LogP contribution in [0.15, 0.2) is 85.1 Å². The number of hydrazine groups is 1. The highest BCUT2D eigenvalue weighted by Gasteiger charge is 2.50. The van der Waals surface area contributed by atoms with Gasteiger partial charge in [-0.3, -0.25) is 34.0 Å². The minimum Gasteiger partial charge on any atom is -0.508 e. The fourth-order valence-corrected chi connectivity index (χ4v) is 11.2. The van der Waals surface area contributed by atoms with Crippen molar-refractivity contribution in [2.75, 3.05) is 40.4 Å². The number of hydrogen-bond donors (Lipinski definition) is 3. The number of carbonyl (C=O) groups is 5. The Kier molecular flexibility index (Phi) is 14.8. The summed E-state index contributed by atoms with van der Waals surface area (Å²) in [5, 5.41) is 16.8. The molecule has 7 atom stereocenters. The Hall–Kier alpha value is -6.62. The van der Waals surface area contributed by atoms with Crippen molar-refractivity contribution in [3.63, 3.8) is 0 Å². The van der Waals surface area contributed by atoms with E-state index in [4.69, 9.17) is 19.2 Å². The Morgan fingerprint density at radius 2 is 1.77 bits per heavy atom. The number of carbonyl (C=O) groups excluding carboxylic acids is 5. The monoisotopic (exact) mass is 996 g/mol. The SMILES string of the molecule is CCn1c(-c2cccnc2[C@H](C)OC)c2c3cc(ccc31)-c1cc(O)cc(c1)C[C@H](NC(=O)C(C(C)C)N(C)C(=O)[C@H]1CCN(C(=O)C3OC3c3ccccc3)C1)C(=O)N1CCC[C@H](N1)C(=O)OCC(C)(C)C2. The Labute approximate surface area is 427 Å². The number of phenolic OH excluding ortho intramolecular Hbond substituents is 1. The number of hydrogen-bond acceptors (Lipinski definition) is 11. The van der Waals surface area contributed by atoms with Gasteiger partial charge in [-0.15, -0.1) is 0 Å². The third-order valence-corrected chi connectivity index (χ3v) is 15.1. The third kappa shape index (κ3) is 10.6. The molecule has 0 aliphatic carbocycles. The Morgan fingerprint density at radius 3 is 2.51 bits per heavy atom. The minimum absolute atomic E-state index is 0.0153. The highest BCUT2D eigenvalue weighted by Crippen LogP contribution is 2.43. The Bertz CT molecular complexity index is 2900. The van der Waals surface area contributed by atoms with Crippen LogP contribution in [0.2, 0.25) is 0 Å². The molecule has 4 amide bonds. The summed E-state index contributed by atoms with van der Waals surface area (Å²) in [7, 11) is 3.27. The average Bonchev–Trinajstić information content (AvgIpc) is 3.93. The molecule has 3 fully saturated rings. The quantitative estimate of drug-likeness (QED) is 0.0921. The first-order valence-electron chi connectivity index (χ1n) is 25.7. The number of aromatic nitrogens is 2. The molecule has 4 aliphatic rings. The van der Waals surface area contributed by atoms with E-state index in [0.717, 1.165) is 44.5 Å². The fourth-order valence-electron chi connectivity index (χ4n) is 11.2. The molecule has 73 heavy (non-hydrogen) atoms. The maximum absolute atomic E-state index is 14.9. The van der Waals surface area contributed by atoms with Crippen LogP contribution in [0, 0.1) is 17.3 Å². The number of fused-ring (bicyclic) bond motifs is 6. The Balaban J connectivity index is 1.03. The van der Waals surface area contributed by atoms with Gasteiger partial charge in [-0.05, 0) is 110 Å². The number of ether oxygens (including phenoxy) is 3. The van der Waals surface area contributed by atoms with E-state index in [1.807, 2.05) is 69.3 Å². The zero-order valence-corrected chi connectivity index (χ0v) is 43.2. The van der Waals surface area contributed by atoms with Crippen LogP contribution in [0.25, 0.3) is 33.3 Å². The number of amides is 4. The summed E-state index contributed by atoms with van der Waals surface area (Å²) >= 11 is 0. The largest absolute Gasteiger partial charge is 0.508 e. The minimum atomic E-state index is -1.18. The molecule has 2 aromatic heterocycles. The molecule has 16 heteroatoms. The van der Waals surface area contributed by atoms with Gasteiger partial charge in [-0.2, -0.15) is 0 Å². The number of methoxy groups -OCH3 is 1. The number of nitrogens with one attached hydrogen (secondary N) is 2. The van der Waals surface area contributed by atoms with Crippen molar-refractivity contribution in [3.05, 3.63) is 107 Å². The highest BCUT2D eigenvalue weighted by molar-refractivity contribution is 5.96. The molecule has 6 bridgehead atoms. The highest BCUT2D eigenvalue weighted by atomic mass is 16.6. The smallest absolute Gasteiger partial charge is 0.324 e. The molecule has 3 aromatic carbocycles. The molecule has 0 spiro atoms. The molecule has 9 rings (SSSR count). The van der Waals surface area contributed by atoms with Crippen molar-refractivity contribution in [2.24, 2.45) is 17.3 Å². The number of phenols is 1. The molecule has 4 aliphatic heterocycles. The molecular formula is C57H69N7O9. The van der Waals surface area contributed by atoms with E-state index in [2.05, 4.69) is 54.3 Å². The number of aryl methyl sites for hydroxylation is 1. The van der Waals surface area contributed by atoms with Crippen molar-refractivity contribution < 1.29 is 43.3 Å². The predicted molar refractivity (Wildman–Crippen MR) is 275 cm³/mol. The van der Waals surface area contributed by atoms with Gasteiger partial charge in [0.15, 0.2) is 6.10 Å². The van der Waals surface area contributed by atoms with Crippen LogP contribution in [-0.2, 0) is 57.6 Å². The standard InChI is InChI=1S/C57H69N7O9/c1-9-63-46-20-19-37-29-42(46)43(49(63)41-17-13-22-58-47(41)34(4)71-8)30-57(5,6)32-72-56(70)44-18-14-23-64(60-44)54(68)45(27-35-25-39(37)28-40(65)26-35)59-52(66)48(33(2)3)61(7)53(67)38-21-24-62(31-38)55(69)51-50(73-51)36-15-11-10-12-16-36/h10-13,15-17,19-20,22,25-26,28-29,33-34,38,44-45,48,50-51,60,65H,9,14,18,21,23-24,27,30-32H2,1-8H3,(H,59,66)/t34-,38-,44-,45-,48?,50?,51?/m0/s1. The number of benzene rings is 3. The topological polar surface area (TPSA) is 188 Å². The summed E-state index contributed by atoms with van der Waals surface area (Å²) in [6.07, 6.45) is 2.47. The van der Waals surface area contributed by atoms with Crippen LogP contribution in [-0.4, -0.2) is 124 Å². The molecule has 3 saturated heterocycles. The lowest BCUT2D eigenvalue weighted by Crippen LogP contribution is -2.62. The van der Waals surface area contributed by atoms with Crippen LogP contribution in [0.3, 0.4) is 0 Å². The summed E-state index contributed by atoms with van der Waals surface area (Å²) < 4.78 is 20.0. The average molecular weight is 996 g/mol. The molecule has 3 N–H and O–H groups in total. The van der Waals surface area contributed by atoms with E-state index in [0.29, 0.717) is 49.9 Å². The molecular weight excluding hydrogens is 927 g/mol. The second-order valence-corrected chi connectivity index (χ2v) is 21.3. The second-order valence-electron chi connectivity index (χ2n) is 21.3. The molecule has 386 valence electrons. The number of likely N-dealkylation sites (tertiary alicyclic amines) is 1. The molecule has 16 nitrogen and oxygen atoms in total. The van der Waals surface area contributed by atoms with Gasteiger partial charge in [-0.25, -0.2) is 5.43 Å². The maximum Gasteiger partial charge on any atom is 0.324 e. The Morgan fingerprint density at radius 1 is 0.986 bits per heavy atom. The van der Waals surface area contributed by atoms with Gasteiger partial charge in [0.05, 0.1) is 30.0 Å². The summed E-state index contributed by atoms with van der Waals surface area (Å²) in [4.78, 5) is 79.3. The van der Waals surface area contributed by atoms with Crippen molar-refractivity contribution in [2.45, 2.75) is 117 Å². The van der Waals surface area contributed by atoms with Gasteiger partial charge < -0.3 is 39.0 Å². The summed E-state index contributed by atoms with van der Waals surface area (Å²) in [5.74, 6) is -2.84. The van der Waals surface area contributed by atoms with Gasteiger partial charge in [0.25, 0.3) is 11.8 Å². The zero-order valence-electron chi connectivity index (χ0n) is 43.2. The van der Waals surface area contributed by atoms with Gasteiger partial charge in [-0.1, -0.05) is 70.2 Å². The zero-order chi connectivity index (χ0) is 51.9. The van der Waals surface area contributed by atoms with Crippen molar-refractivity contribution >= 4 is 40.5 Å². The van der Waals surface area contributed by atoms with Gasteiger partial charge in [0, 0.05) is 74.8 Å². The molecule has 0 saturated carbocycles. The first-order valence-corrected chi connectivity index (χ1v) is 25.7. The third-order valence-electron chi connectivity index (χ3n) is 15.1. The van der Waals surface area contributed by atoms with Gasteiger partial charge >= 0.3 is 5.97 Å². The second kappa shape index (κ2) is 21.1. The van der Waals surface area contributed by atoms with Crippen molar-refractivity contribution in [1.82, 2.24) is 35.1 Å². The number of epoxide rings is 1. The first kappa shape index (κ1) is 51.3. The number of aromatic hydroxyl groups is 1. The normalized spacial score (nSPS) is 22.9. The molecule has 6 heterocycles. The van der Waals surface area contributed by atoms with Crippen molar-refractivity contribution in [1.29, 1.82) is 0 Å². The predicted octanol–water partition coefficient (Wildman–Crippen LogP) is 6.92. The van der Waals surface area contributed by atoms with Crippen LogP contribution < -0.4 is 10.7 Å². The number of nitrogens with zero attached hydrogens (tertiary/aromatic N) is 5. The molecule has 5 aromatic rings. The summed E-state index contributed by atoms with van der Waals surface area (Å²) in [6.45, 7) is 13.6. The van der Waals surface area contributed by atoms with E-state index in [1.54, 1.807) is 37.4 Å². The number of rotatable bonds is 11. The van der Waals surface area contributed by atoms with E-state index in [9.17, 15) is 29.1 Å². The lowest BCUT2D eigenvalue weighted by Gasteiger charge is -2.37. The van der Waals surface area contributed by atoms with Gasteiger partial charge in [0.2, 0.25) is 11.8 Å². The number of cyclic esters (lactones) is 1. The summed E-state index contributed by atoms with van der Waals surface area (Å²) in [5.41, 5.74) is 10.4. The van der Waals surface area contributed by atoms with E-state index in [-0.39, 0.29) is 61.8 Å². The lowest BCUT2D eigenvalue weighted by atomic mass is 9.84. The molecule has 0 radical (unpaired) electrons. The number of likely N-dealkylation sites (N-methyl/N-ethyl adjacent to an activating group) is 1. The van der Waals surface area contributed by atoms with E-state index in [1.165, 1.54) is 9.91 Å². The van der Waals surface area contributed by atoms with Crippen LogP contribution in [0.5, 0.6) is 5.75 Å². The van der Waals surface area contributed by atoms with E-state index < -0.39 is 53.3 Å². The maximum atomic E-state index is 14.9. The van der Waals surface area contributed by atoms with Gasteiger partial charge in [0.1, 0.15) is 30.0 Å². The summed E-state index contributed by atoms with van der Waals surface area (Å²) in [6, 6.07) is 22.1. The fraction of sp³-hybridized carbons (Fsp3) is 0.474. The number of esters is 1. The van der Waals surface area contributed by atoms with Crippen LogP contribution >= 0.6 is 0 Å². The van der Waals surface area contributed by atoms with Crippen LogP contribution in [0.1, 0.15) is 95.4 Å².